The van der Waals surface area contributed by atoms with Gasteiger partial charge in [0.1, 0.15) is 11.8 Å². The van der Waals surface area contributed by atoms with Gasteiger partial charge in [0.15, 0.2) is 5.82 Å². The number of benzene rings is 2. The van der Waals surface area contributed by atoms with Crippen molar-refractivity contribution in [3.05, 3.63) is 78.2 Å². The normalized spacial score (nSPS) is 18.4. The SMILES string of the molecule is O[C@H]1CCN(Cc2cnc3c(N4CCc5c(-c6ccccc6)cccc54)ncnc3c2)C1. The third-order valence-corrected chi connectivity index (χ3v) is 6.53. The summed E-state index contributed by atoms with van der Waals surface area (Å²) in [5, 5.41) is 9.80. The second kappa shape index (κ2) is 7.97. The number of β-amino-alcohol motifs (C(OH)–C–C–N with tert-alkyl or cyclic N) is 1. The van der Waals surface area contributed by atoms with E-state index in [1.807, 2.05) is 6.20 Å². The summed E-state index contributed by atoms with van der Waals surface area (Å²) in [5.74, 6) is 0.863. The Labute approximate surface area is 187 Å². The van der Waals surface area contributed by atoms with Crippen LogP contribution in [0.2, 0.25) is 0 Å². The van der Waals surface area contributed by atoms with Gasteiger partial charge in [0.25, 0.3) is 0 Å². The fraction of sp³-hybridized carbons (Fsp3) is 0.269. The summed E-state index contributed by atoms with van der Waals surface area (Å²) in [6, 6.07) is 19.2. The first-order valence-electron chi connectivity index (χ1n) is 11.2. The molecular formula is C26H25N5O. The molecule has 6 heteroatoms. The Morgan fingerprint density at radius 1 is 0.969 bits per heavy atom. The minimum absolute atomic E-state index is 0.214. The molecule has 0 radical (unpaired) electrons. The molecule has 6 nitrogen and oxygen atoms in total. The second-order valence-electron chi connectivity index (χ2n) is 8.66. The van der Waals surface area contributed by atoms with Gasteiger partial charge in [-0.05, 0) is 47.2 Å². The Morgan fingerprint density at radius 3 is 2.72 bits per heavy atom. The lowest BCUT2D eigenvalue weighted by molar-refractivity contribution is 0.175. The number of fused-ring (bicyclic) bond motifs is 2. The molecule has 0 saturated carbocycles. The lowest BCUT2D eigenvalue weighted by atomic mass is 9.98. The number of aliphatic hydroxyl groups excluding tert-OH is 1. The summed E-state index contributed by atoms with van der Waals surface area (Å²) >= 11 is 0. The van der Waals surface area contributed by atoms with Gasteiger partial charge in [-0.3, -0.25) is 9.88 Å². The Bertz CT molecular complexity index is 1280. The van der Waals surface area contributed by atoms with Crippen LogP contribution in [0.1, 0.15) is 17.5 Å². The number of aromatic nitrogens is 3. The van der Waals surface area contributed by atoms with Crippen LogP contribution in [0.5, 0.6) is 0 Å². The lowest BCUT2D eigenvalue weighted by Gasteiger charge is -2.20. The average Bonchev–Trinajstić information content (AvgIpc) is 3.45. The summed E-state index contributed by atoms with van der Waals surface area (Å²) in [6.45, 7) is 3.30. The molecule has 0 spiro atoms. The van der Waals surface area contributed by atoms with E-state index in [0.29, 0.717) is 0 Å². The first-order valence-corrected chi connectivity index (χ1v) is 11.2. The lowest BCUT2D eigenvalue weighted by Crippen LogP contribution is -2.21. The summed E-state index contributed by atoms with van der Waals surface area (Å²) in [7, 11) is 0. The largest absolute Gasteiger partial charge is 0.392 e. The molecule has 2 aromatic heterocycles. The van der Waals surface area contributed by atoms with E-state index >= 15 is 0 Å². The quantitative estimate of drug-likeness (QED) is 0.536. The molecular weight excluding hydrogens is 398 g/mol. The van der Waals surface area contributed by atoms with Gasteiger partial charge in [0, 0.05) is 38.1 Å². The van der Waals surface area contributed by atoms with Crippen molar-refractivity contribution in [2.45, 2.75) is 25.5 Å². The maximum atomic E-state index is 9.80. The number of nitrogens with zero attached hydrogens (tertiary/aromatic N) is 5. The van der Waals surface area contributed by atoms with Crippen molar-refractivity contribution in [3.63, 3.8) is 0 Å². The van der Waals surface area contributed by atoms with E-state index in [4.69, 9.17) is 4.98 Å². The fourth-order valence-electron chi connectivity index (χ4n) is 5.01. The summed E-state index contributed by atoms with van der Waals surface area (Å²) in [4.78, 5) is 18.5. The van der Waals surface area contributed by atoms with Gasteiger partial charge in [-0.25, -0.2) is 9.97 Å². The number of likely N-dealkylation sites (tertiary alicyclic amines) is 1. The third-order valence-electron chi connectivity index (χ3n) is 6.53. The maximum absolute atomic E-state index is 9.80. The van der Waals surface area contributed by atoms with E-state index in [1.54, 1.807) is 6.33 Å². The van der Waals surface area contributed by atoms with E-state index < -0.39 is 0 Å². The molecule has 2 aromatic carbocycles. The molecule has 6 rings (SSSR count). The molecule has 0 bridgehead atoms. The minimum Gasteiger partial charge on any atom is -0.392 e. The Morgan fingerprint density at radius 2 is 1.88 bits per heavy atom. The highest BCUT2D eigenvalue weighted by Gasteiger charge is 2.26. The molecule has 2 aliphatic rings. The first kappa shape index (κ1) is 19.3. The number of aliphatic hydroxyl groups is 1. The topological polar surface area (TPSA) is 65.4 Å². The van der Waals surface area contributed by atoms with Crippen molar-refractivity contribution < 1.29 is 5.11 Å². The molecule has 1 fully saturated rings. The maximum Gasteiger partial charge on any atom is 0.163 e. The Hall–Kier alpha value is -3.35. The van der Waals surface area contributed by atoms with Gasteiger partial charge in [-0.1, -0.05) is 42.5 Å². The molecule has 32 heavy (non-hydrogen) atoms. The van der Waals surface area contributed by atoms with Crippen LogP contribution >= 0.6 is 0 Å². The molecule has 0 amide bonds. The number of rotatable bonds is 4. The van der Waals surface area contributed by atoms with E-state index in [1.165, 1.54) is 22.4 Å². The number of pyridine rings is 1. The monoisotopic (exact) mass is 423 g/mol. The molecule has 0 aliphatic carbocycles. The number of hydrogen-bond donors (Lipinski definition) is 1. The fourth-order valence-corrected chi connectivity index (χ4v) is 5.01. The van der Waals surface area contributed by atoms with Crippen LogP contribution < -0.4 is 4.90 Å². The molecule has 1 saturated heterocycles. The van der Waals surface area contributed by atoms with Crippen LogP contribution in [0.3, 0.4) is 0 Å². The molecule has 0 unspecified atom stereocenters. The van der Waals surface area contributed by atoms with Crippen molar-refractivity contribution in [1.29, 1.82) is 0 Å². The average molecular weight is 424 g/mol. The second-order valence-corrected chi connectivity index (χ2v) is 8.66. The van der Waals surface area contributed by atoms with Crippen LogP contribution in [-0.2, 0) is 13.0 Å². The Balaban J connectivity index is 1.35. The van der Waals surface area contributed by atoms with Gasteiger partial charge in [0.2, 0.25) is 0 Å². The van der Waals surface area contributed by atoms with Crippen LogP contribution in [-0.4, -0.2) is 50.7 Å². The van der Waals surface area contributed by atoms with Crippen LogP contribution in [0.4, 0.5) is 11.5 Å². The van der Waals surface area contributed by atoms with Crippen molar-refractivity contribution in [1.82, 2.24) is 19.9 Å². The zero-order valence-corrected chi connectivity index (χ0v) is 17.9. The predicted molar refractivity (Wildman–Crippen MR) is 126 cm³/mol. The van der Waals surface area contributed by atoms with Gasteiger partial charge >= 0.3 is 0 Å². The van der Waals surface area contributed by atoms with Crippen LogP contribution in [0, 0.1) is 0 Å². The van der Waals surface area contributed by atoms with Crippen molar-refractivity contribution in [3.8, 4) is 11.1 Å². The van der Waals surface area contributed by atoms with Crippen LogP contribution in [0.15, 0.2) is 67.1 Å². The van der Waals surface area contributed by atoms with E-state index in [2.05, 4.69) is 74.4 Å². The molecule has 1 N–H and O–H groups in total. The van der Waals surface area contributed by atoms with Crippen LogP contribution in [0.25, 0.3) is 22.2 Å². The number of hydrogen-bond acceptors (Lipinski definition) is 6. The summed E-state index contributed by atoms with van der Waals surface area (Å²) in [6.07, 6.45) is 5.17. The van der Waals surface area contributed by atoms with E-state index in [9.17, 15) is 5.11 Å². The van der Waals surface area contributed by atoms with Gasteiger partial charge in [0.05, 0.1) is 11.6 Å². The summed E-state index contributed by atoms with van der Waals surface area (Å²) < 4.78 is 0. The predicted octanol–water partition coefficient (Wildman–Crippen LogP) is 3.95. The van der Waals surface area contributed by atoms with E-state index in [0.717, 1.165) is 61.4 Å². The first-order chi connectivity index (χ1) is 15.8. The van der Waals surface area contributed by atoms with Crippen molar-refractivity contribution in [2.75, 3.05) is 24.5 Å². The van der Waals surface area contributed by atoms with E-state index in [-0.39, 0.29) is 6.10 Å². The molecule has 4 aromatic rings. The molecule has 160 valence electrons. The minimum atomic E-state index is -0.214. The van der Waals surface area contributed by atoms with Gasteiger partial charge in [-0.15, -0.1) is 0 Å². The third kappa shape index (κ3) is 3.42. The standard InChI is InChI=1S/C26H25N5O/c32-20-9-11-30(16-20)15-18-13-23-25(27-14-18)26(29-17-28-23)31-12-10-22-21(7-4-8-24(22)31)19-5-2-1-3-6-19/h1-8,13-14,17,20,32H,9-12,15-16H2/t20-/m0/s1. The Kier molecular flexibility index (Phi) is 4.82. The molecule has 4 heterocycles. The van der Waals surface area contributed by atoms with Gasteiger partial charge < -0.3 is 10.0 Å². The smallest absolute Gasteiger partial charge is 0.163 e. The highest BCUT2D eigenvalue weighted by Crippen LogP contribution is 2.40. The van der Waals surface area contributed by atoms with Crippen molar-refractivity contribution in [2.24, 2.45) is 0 Å². The highest BCUT2D eigenvalue weighted by atomic mass is 16.3. The summed E-state index contributed by atoms with van der Waals surface area (Å²) in [5.41, 5.74) is 7.89. The molecule has 1 atom stereocenters. The van der Waals surface area contributed by atoms with Gasteiger partial charge in [-0.2, -0.15) is 0 Å². The molecule has 2 aliphatic heterocycles. The zero-order valence-electron chi connectivity index (χ0n) is 17.9. The van der Waals surface area contributed by atoms with Crippen molar-refractivity contribution >= 4 is 22.5 Å². The highest BCUT2D eigenvalue weighted by molar-refractivity contribution is 5.90. The zero-order chi connectivity index (χ0) is 21.5. The number of anilines is 2.